The molecule has 0 atom stereocenters. The maximum absolute atomic E-state index is 13.0. The molecule has 0 saturated carbocycles. The van der Waals surface area contributed by atoms with E-state index in [2.05, 4.69) is 43.6 Å². The SMILES string of the molecule is COc1cc(/C=C2/C(=O)N(C(=O)c3ccccc3)N=C2C)cc(I)c1OCc1ccc(Br)cc1. The molecule has 8 heteroatoms. The minimum Gasteiger partial charge on any atom is -0.493 e. The summed E-state index contributed by atoms with van der Waals surface area (Å²) < 4.78 is 13.4. The number of carbonyl (C=O) groups excluding carboxylic acids is 2. The van der Waals surface area contributed by atoms with Crippen LogP contribution in [0, 0.1) is 3.57 Å². The molecule has 0 radical (unpaired) electrons. The average molecular weight is 631 g/mol. The third kappa shape index (κ3) is 5.23. The maximum atomic E-state index is 13.0. The Kier molecular flexibility index (Phi) is 7.47. The van der Waals surface area contributed by atoms with Crippen molar-refractivity contribution in [2.24, 2.45) is 5.10 Å². The Labute approximate surface area is 219 Å². The fourth-order valence-corrected chi connectivity index (χ4v) is 4.44. The molecule has 0 saturated heterocycles. The molecule has 0 unspecified atom stereocenters. The van der Waals surface area contributed by atoms with Crippen LogP contribution in [0.3, 0.4) is 0 Å². The van der Waals surface area contributed by atoms with Gasteiger partial charge in [0.2, 0.25) is 0 Å². The van der Waals surface area contributed by atoms with Crippen molar-refractivity contribution in [3.63, 3.8) is 0 Å². The van der Waals surface area contributed by atoms with Crippen LogP contribution in [-0.2, 0) is 11.4 Å². The Bertz CT molecular complexity index is 1300. The molecule has 0 aliphatic carbocycles. The minimum absolute atomic E-state index is 0.352. The smallest absolute Gasteiger partial charge is 0.283 e. The zero-order valence-electron chi connectivity index (χ0n) is 18.4. The first kappa shape index (κ1) is 24.2. The number of hydrazone groups is 1. The molecule has 0 bridgehead atoms. The molecule has 3 aromatic rings. The van der Waals surface area contributed by atoms with E-state index in [-0.39, 0.29) is 0 Å². The predicted octanol–water partition coefficient (Wildman–Crippen LogP) is 6.08. The van der Waals surface area contributed by atoms with Crippen molar-refractivity contribution in [3.8, 4) is 11.5 Å². The van der Waals surface area contributed by atoms with Gasteiger partial charge in [0.25, 0.3) is 11.8 Å². The zero-order valence-corrected chi connectivity index (χ0v) is 22.2. The highest BCUT2D eigenvalue weighted by molar-refractivity contribution is 14.1. The summed E-state index contributed by atoms with van der Waals surface area (Å²) in [6.07, 6.45) is 1.71. The fourth-order valence-electron chi connectivity index (χ4n) is 3.39. The second kappa shape index (κ2) is 10.5. The van der Waals surface area contributed by atoms with Crippen molar-refractivity contribution >= 4 is 62.1 Å². The summed E-state index contributed by atoms with van der Waals surface area (Å²) in [7, 11) is 1.57. The first-order valence-corrected chi connectivity index (χ1v) is 12.2. The molecule has 3 aromatic carbocycles. The van der Waals surface area contributed by atoms with Gasteiger partial charge in [0.1, 0.15) is 6.61 Å². The molecule has 1 aliphatic heterocycles. The number of halogens is 2. The van der Waals surface area contributed by atoms with Gasteiger partial charge in [0, 0.05) is 10.0 Å². The minimum atomic E-state index is -0.462. The van der Waals surface area contributed by atoms with Crippen LogP contribution in [0.15, 0.2) is 81.9 Å². The number of benzene rings is 3. The van der Waals surface area contributed by atoms with E-state index in [1.165, 1.54) is 0 Å². The topological polar surface area (TPSA) is 68.2 Å². The summed E-state index contributed by atoms with van der Waals surface area (Å²) in [5, 5.41) is 5.11. The molecule has 1 heterocycles. The molecule has 6 nitrogen and oxygen atoms in total. The van der Waals surface area contributed by atoms with Crippen LogP contribution in [0.2, 0.25) is 0 Å². The average Bonchev–Trinajstić information content (AvgIpc) is 3.12. The van der Waals surface area contributed by atoms with Crippen LogP contribution in [-0.4, -0.2) is 29.6 Å². The Morgan fingerprint density at radius 3 is 2.50 bits per heavy atom. The molecule has 0 N–H and O–H groups in total. The lowest BCUT2D eigenvalue weighted by atomic mass is 10.1. The van der Waals surface area contributed by atoms with Crippen molar-refractivity contribution in [2.45, 2.75) is 13.5 Å². The summed E-state index contributed by atoms with van der Waals surface area (Å²) in [6, 6.07) is 20.2. The largest absolute Gasteiger partial charge is 0.493 e. The molecular formula is C26H20BrIN2O4. The fraction of sp³-hybridized carbons (Fsp3) is 0.115. The highest BCUT2D eigenvalue weighted by Gasteiger charge is 2.33. The van der Waals surface area contributed by atoms with Crippen molar-refractivity contribution in [3.05, 3.63) is 97.0 Å². The molecular weight excluding hydrogens is 611 g/mol. The molecule has 0 aromatic heterocycles. The number of amides is 2. The van der Waals surface area contributed by atoms with Gasteiger partial charge in [-0.1, -0.05) is 46.3 Å². The van der Waals surface area contributed by atoms with E-state index < -0.39 is 11.8 Å². The van der Waals surface area contributed by atoms with Crippen molar-refractivity contribution in [1.82, 2.24) is 5.01 Å². The normalized spacial score (nSPS) is 14.4. The van der Waals surface area contributed by atoms with Gasteiger partial charge in [-0.15, -0.1) is 0 Å². The summed E-state index contributed by atoms with van der Waals surface area (Å²) in [5.74, 6) is 0.249. The Morgan fingerprint density at radius 1 is 1.12 bits per heavy atom. The van der Waals surface area contributed by atoms with Crippen LogP contribution in [0.4, 0.5) is 0 Å². The molecule has 1 aliphatic rings. The number of hydrogen-bond donors (Lipinski definition) is 0. The molecule has 34 heavy (non-hydrogen) atoms. The van der Waals surface area contributed by atoms with Crippen LogP contribution in [0.5, 0.6) is 11.5 Å². The standard InChI is InChI=1S/C26H20BrIN2O4/c1-16-21(26(32)30(29-16)25(31)19-6-4-3-5-7-19)12-18-13-22(28)24(23(14-18)33-2)34-15-17-8-10-20(27)11-9-17/h3-14H,15H2,1-2H3/b21-12+. The van der Waals surface area contributed by atoms with E-state index in [9.17, 15) is 9.59 Å². The molecule has 0 fully saturated rings. The second-order valence-corrected chi connectivity index (χ2v) is 9.56. The lowest BCUT2D eigenvalue weighted by molar-refractivity contribution is -0.123. The summed E-state index contributed by atoms with van der Waals surface area (Å²) in [4.78, 5) is 25.7. The zero-order chi connectivity index (χ0) is 24.2. The number of methoxy groups -OCH3 is 1. The number of nitrogens with zero attached hydrogens (tertiary/aromatic N) is 2. The van der Waals surface area contributed by atoms with E-state index in [0.717, 1.165) is 24.2 Å². The van der Waals surface area contributed by atoms with Gasteiger partial charge < -0.3 is 9.47 Å². The van der Waals surface area contributed by atoms with E-state index in [1.807, 2.05) is 36.4 Å². The number of ether oxygens (including phenoxy) is 2. The first-order valence-electron chi connectivity index (χ1n) is 10.3. The van der Waals surface area contributed by atoms with Crippen molar-refractivity contribution in [2.75, 3.05) is 7.11 Å². The highest BCUT2D eigenvalue weighted by Crippen LogP contribution is 2.35. The predicted molar refractivity (Wildman–Crippen MR) is 143 cm³/mol. The third-order valence-electron chi connectivity index (χ3n) is 5.13. The van der Waals surface area contributed by atoms with Crippen LogP contribution >= 0.6 is 38.5 Å². The third-order valence-corrected chi connectivity index (χ3v) is 6.46. The van der Waals surface area contributed by atoms with Gasteiger partial charge in [0.05, 0.1) is 22.0 Å². The van der Waals surface area contributed by atoms with Gasteiger partial charge in [0.15, 0.2) is 11.5 Å². The van der Waals surface area contributed by atoms with Gasteiger partial charge in [-0.05, 0) is 83.1 Å². The molecule has 2 amide bonds. The van der Waals surface area contributed by atoms with Gasteiger partial charge in [-0.2, -0.15) is 10.1 Å². The lowest BCUT2D eigenvalue weighted by Crippen LogP contribution is -2.29. The number of imide groups is 1. The van der Waals surface area contributed by atoms with Crippen LogP contribution in [0.1, 0.15) is 28.4 Å². The van der Waals surface area contributed by atoms with Crippen molar-refractivity contribution < 1.29 is 19.1 Å². The van der Waals surface area contributed by atoms with E-state index in [4.69, 9.17) is 9.47 Å². The van der Waals surface area contributed by atoms with E-state index in [1.54, 1.807) is 50.4 Å². The quantitative estimate of drug-likeness (QED) is 0.188. The summed E-state index contributed by atoms with van der Waals surface area (Å²) >= 11 is 5.61. The number of carbonyl (C=O) groups is 2. The van der Waals surface area contributed by atoms with Gasteiger partial charge >= 0.3 is 0 Å². The molecule has 172 valence electrons. The van der Waals surface area contributed by atoms with Crippen molar-refractivity contribution in [1.29, 1.82) is 0 Å². The van der Waals surface area contributed by atoms with Gasteiger partial charge in [-0.3, -0.25) is 9.59 Å². The summed E-state index contributed by atoms with van der Waals surface area (Å²) in [6.45, 7) is 2.10. The number of rotatable bonds is 6. The Balaban J connectivity index is 1.57. The second-order valence-electron chi connectivity index (χ2n) is 7.48. The Hall–Kier alpha value is -2.98. The summed E-state index contributed by atoms with van der Waals surface area (Å²) in [5.41, 5.74) is 2.99. The van der Waals surface area contributed by atoms with E-state index in [0.29, 0.717) is 35.0 Å². The first-order chi connectivity index (χ1) is 16.4. The number of hydrogen-bond acceptors (Lipinski definition) is 5. The molecule has 0 spiro atoms. The van der Waals surface area contributed by atoms with Crippen LogP contribution < -0.4 is 9.47 Å². The molecule has 4 rings (SSSR count). The van der Waals surface area contributed by atoms with Crippen LogP contribution in [0.25, 0.3) is 6.08 Å². The Morgan fingerprint density at radius 2 is 1.82 bits per heavy atom. The van der Waals surface area contributed by atoms with E-state index >= 15 is 0 Å². The maximum Gasteiger partial charge on any atom is 0.283 e. The monoisotopic (exact) mass is 630 g/mol. The lowest BCUT2D eigenvalue weighted by Gasteiger charge is -2.14. The highest BCUT2D eigenvalue weighted by atomic mass is 127. The van der Waals surface area contributed by atoms with Gasteiger partial charge in [-0.25, -0.2) is 0 Å².